The first-order valence-electron chi connectivity index (χ1n) is 10.4. The largest absolute Gasteiger partial charge is 0.338 e. The Hall–Kier alpha value is -0.850. The van der Waals surface area contributed by atoms with Gasteiger partial charge in [0.1, 0.15) is 0 Å². The molecule has 0 aromatic heterocycles. The first-order chi connectivity index (χ1) is 13.2. The van der Waals surface area contributed by atoms with Crippen LogP contribution in [0.2, 0.25) is 0 Å². The minimum atomic E-state index is -1.21. The second kappa shape index (κ2) is 8.49. The number of carbonyl (C=O) groups excluding carboxylic acids is 1. The van der Waals surface area contributed by atoms with Crippen molar-refractivity contribution in [1.82, 2.24) is 9.62 Å². The Morgan fingerprint density at radius 2 is 1.86 bits per heavy atom. The van der Waals surface area contributed by atoms with E-state index in [0.29, 0.717) is 0 Å². The van der Waals surface area contributed by atoms with Gasteiger partial charge in [-0.05, 0) is 76.3 Å². The van der Waals surface area contributed by atoms with Gasteiger partial charge in [-0.25, -0.2) is 8.93 Å². The molecule has 2 saturated heterocycles. The third-order valence-corrected chi connectivity index (χ3v) is 8.98. The number of rotatable bonds is 7. The summed E-state index contributed by atoms with van der Waals surface area (Å²) in [5, 5.41) is 0. The van der Waals surface area contributed by atoms with E-state index in [1.165, 1.54) is 4.90 Å². The highest BCUT2D eigenvalue weighted by molar-refractivity contribution is 7.99. The lowest BCUT2D eigenvalue weighted by molar-refractivity contribution is -0.155. The number of amides is 1. The van der Waals surface area contributed by atoms with Gasteiger partial charge in [0.25, 0.3) is 0 Å². The molecule has 2 aliphatic heterocycles. The van der Waals surface area contributed by atoms with Gasteiger partial charge in [0.05, 0.1) is 27.3 Å². The van der Waals surface area contributed by atoms with Crippen LogP contribution in [-0.4, -0.2) is 38.1 Å². The second-order valence-electron chi connectivity index (χ2n) is 9.12. The average Bonchev–Trinajstić information content (AvgIpc) is 2.68. The lowest BCUT2D eigenvalue weighted by Gasteiger charge is -2.56. The maximum Gasteiger partial charge on any atom is 0.225 e. The maximum absolute atomic E-state index is 13.1. The third-order valence-electron chi connectivity index (χ3n) is 6.20. The number of likely N-dealkylation sites (N-methyl/N-ethyl adjacent to an activating group) is 1. The fourth-order valence-electron chi connectivity index (χ4n) is 4.42. The lowest BCUT2D eigenvalue weighted by Crippen LogP contribution is -2.65. The van der Waals surface area contributed by atoms with Crippen molar-refractivity contribution in [2.75, 3.05) is 12.8 Å². The number of fused-ring (bicyclic) bond motifs is 3. The van der Waals surface area contributed by atoms with Gasteiger partial charge >= 0.3 is 0 Å². The fraction of sp³-hybridized carbons (Fsp3) is 0.682. The average molecular weight is 423 g/mol. The van der Waals surface area contributed by atoms with Crippen molar-refractivity contribution in [3.05, 3.63) is 29.8 Å². The van der Waals surface area contributed by atoms with E-state index < -0.39 is 11.0 Å². The van der Waals surface area contributed by atoms with Crippen molar-refractivity contribution in [3.8, 4) is 0 Å². The zero-order valence-corrected chi connectivity index (χ0v) is 19.4. The van der Waals surface area contributed by atoms with Crippen molar-refractivity contribution in [1.29, 1.82) is 0 Å². The summed E-state index contributed by atoms with van der Waals surface area (Å²) in [5.41, 5.74) is 0.823. The highest BCUT2D eigenvalue weighted by Crippen LogP contribution is 2.50. The Morgan fingerprint density at radius 1 is 1.25 bits per heavy atom. The minimum Gasteiger partial charge on any atom is -0.338 e. The van der Waals surface area contributed by atoms with Gasteiger partial charge in [-0.15, -0.1) is 11.8 Å². The van der Waals surface area contributed by atoms with Crippen molar-refractivity contribution in [2.45, 2.75) is 81.0 Å². The number of nitrogens with one attached hydrogen (secondary N) is 1. The quantitative estimate of drug-likeness (QED) is 0.649. The molecule has 1 aromatic rings. The third kappa shape index (κ3) is 4.19. The molecule has 1 aliphatic carbocycles. The normalized spacial score (nSPS) is 27.1. The molecule has 1 N–H and O–H groups in total. The van der Waals surface area contributed by atoms with Crippen molar-refractivity contribution in [2.24, 2.45) is 5.92 Å². The summed E-state index contributed by atoms with van der Waals surface area (Å²) in [4.78, 5) is 16.0. The van der Waals surface area contributed by atoms with Crippen LogP contribution in [-0.2, 0) is 15.8 Å². The molecule has 1 aromatic carbocycles. The predicted molar refractivity (Wildman–Crippen MR) is 119 cm³/mol. The molecule has 1 saturated carbocycles. The molecule has 28 heavy (non-hydrogen) atoms. The summed E-state index contributed by atoms with van der Waals surface area (Å²) in [7, 11) is 0.729. The SMILES string of the molecule is CCCSc1ccc([C@@H](NS(=O)C(C)(C)C)C23CCC(CC2)C(=O)N3C)cc1. The number of piperidine rings is 2. The van der Waals surface area contributed by atoms with E-state index >= 15 is 0 Å². The summed E-state index contributed by atoms with van der Waals surface area (Å²) in [6.45, 7) is 8.15. The summed E-state index contributed by atoms with van der Waals surface area (Å²) >= 11 is 1.86. The molecule has 2 bridgehead atoms. The van der Waals surface area contributed by atoms with Crippen LogP contribution in [0.3, 0.4) is 0 Å². The predicted octanol–water partition coefficient (Wildman–Crippen LogP) is 4.68. The number of hydrogen-bond acceptors (Lipinski definition) is 3. The molecule has 4 rings (SSSR count). The smallest absolute Gasteiger partial charge is 0.225 e. The Kier molecular flexibility index (Phi) is 6.62. The summed E-state index contributed by atoms with van der Waals surface area (Å²) < 4.78 is 16.1. The van der Waals surface area contributed by atoms with Crippen LogP contribution in [0.1, 0.15) is 71.4 Å². The van der Waals surface area contributed by atoms with E-state index in [0.717, 1.165) is 43.4 Å². The zero-order valence-electron chi connectivity index (χ0n) is 17.8. The van der Waals surface area contributed by atoms with E-state index in [-0.39, 0.29) is 28.2 Å². The van der Waals surface area contributed by atoms with Crippen LogP contribution in [0.5, 0.6) is 0 Å². The van der Waals surface area contributed by atoms with E-state index in [1.807, 2.05) is 44.5 Å². The zero-order chi connectivity index (χ0) is 20.5. The number of benzene rings is 1. The molecule has 2 atom stereocenters. The highest BCUT2D eigenvalue weighted by atomic mass is 32.2. The lowest BCUT2D eigenvalue weighted by atomic mass is 9.65. The van der Waals surface area contributed by atoms with Crippen LogP contribution in [0.25, 0.3) is 0 Å². The number of nitrogens with zero attached hydrogens (tertiary/aromatic N) is 1. The minimum absolute atomic E-state index is 0.131. The second-order valence-corrected chi connectivity index (χ2v) is 12.3. The van der Waals surface area contributed by atoms with Gasteiger partial charge in [-0.1, -0.05) is 19.1 Å². The molecule has 2 heterocycles. The van der Waals surface area contributed by atoms with Crippen LogP contribution in [0.15, 0.2) is 29.2 Å². The van der Waals surface area contributed by atoms with Gasteiger partial charge in [0, 0.05) is 17.9 Å². The molecular formula is C22H34N2O2S2. The molecule has 1 amide bonds. The summed E-state index contributed by atoms with van der Waals surface area (Å²) in [5.74, 6) is 1.53. The Bertz CT molecular complexity index is 719. The van der Waals surface area contributed by atoms with Gasteiger partial charge in [-0.2, -0.15) is 0 Å². The van der Waals surface area contributed by atoms with Gasteiger partial charge in [0.2, 0.25) is 5.91 Å². The summed E-state index contributed by atoms with van der Waals surface area (Å²) in [6.07, 6.45) is 4.96. The molecule has 156 valence electrons. The maximum atomic E-state index is 13.1. The van der Waals surface area contributed by atoms with Gasteiger partial charge in [0.15, 0.2) is 0 Å². The molecule has 1 unspecified atom stereocenters. The van der Waals surface area contributed by atoms with Crippen molar-refractivity contribution in [3.63, 3.8) is 0 Å². The fourth-order valence-corrected chi connectivity index (χ4v) is 6.12. The summed E-state index contributed by atoms with van der Waals surface area (Å²) in [6, 6.07) is 8.51. The topological polar surface area (TPSA) is 49.4 Å². The molecular weight excluding hydrogens is 388 g/mol. The Labute approximate surface area is 176 Å². The first kappa shape index (κ1) is 21.8. The molecule has 3 fully saturated rings. The molecule has 0 radical (unpaired) electrons. The van der Waals surface area contributed by atoms with E-state index in [4.69, 9.17) is 0 Å². The standard InChI is InChI=1S/C22H34N2O2S2/c1-6-15-27-18-9-7-16(8-10-18)19(23-28(26)21(2,3)4)22-13-11-17(12-14-22)20(25)24(22)5/h7-10,17,19,23H,6,11-15H2,1-5H3/t17?,19-,22?,28?/m1/s1. The van der Waals surface area contributed by atoms with E-state index in [1.54, 1.807) is 0 Å². The molecule has 0 spiro atoms. The van der Waals surface area contributed by atoms with Gasteiger partial charge < -0.3 is 4.90 Å². The van der Waals surface area contributed by atoms with E-state index in [9.17, 15) is 9.00 Å². The number of thioether (sulfide) groups is 1. The van der Waals surface area contributed by atoms with Crippen LogP contribution < -0.4 is 4.72 Å². The number of hydrogen-bond donors (Lipinski definition) is 1. The van der Waals surface area contributed by atoms with Crippen LogP contribution >= 0.6 is 11.8 Å². The van der Waals surface area contributed by atoms with E-state index in [2.05, 4.69) is 35.9 Å². The molecule has 6 heteroatoms. The van der Waals surface area contributed by atoms with Crippen molar-refractivity contribution < 1.29 is 9.00 Å². The van der Waals surface area contributed by atoms with Crippen LogP contribution in [0, 0.1) is 5.92 Å². The van der Waals surface area contributed by atoms with Gasteiger partial charge in [-0.3, -0.25) is 4.79 Å². The monoisotopic (exact) mass is 422 g/mol. The molecule has 3 aliphatic rings. The number of carbonyl (C=O) groups is 1. The Balaban J connectivity index is 1.95. The highest BCUT2D eigenvalue weighted by Gasteiger charge is 2.54. The molecule has 4 nitrogen and oxygen atoms in total. The van der Waals surface area contributed by atoms with Crippen LogP contribution in [0.4, 0.5) is 0 Å². The Morgan fingerprint density at radius 3 is 2.39 bits per heavy atom. The first-order valence-corrected chi connectivity index (χ1v) is 12.5. The van der Waals surface area contributed by atoms with Crippen molar-refractivity contribution >= 4 is 28.7 Å².